The molecule has 0 saturated carbocycles. The molecule has 7 nitrogen and oxygen atoms in total. The summed E-state index contributed by atoms with van der Waals surface area (Å²) < 4.78 is 36.9. The van der Waals surface area contributed by atoms with Gasteiger partial charge in [0.05, 0.1) is 18.9 Å². The highest BCUT2D eigenvalue weighted by Crippen LogP contribution is 2.25. The number of sulfonamides is 1. The Morgan fingerprint density at radius 3 is 2.59 bits per heavy atom. The Balaban J connectivity index is 2.29. The number of para-hydroxylation sites is 1. The molecule has 0 bridgehead atoms. The summed E-state index contributed by atoms with van der Waals surface area (Å²) in [6, 6.07) is 6.35. The zero-order chi connectivity index (χ0) is 16.2. The van der Waals surface area contributed by atoms with E-state index in [1.807, 2.05) is 0 Å². The summed E-state index contributed by atoms with van der Waals surface area (Å²) in [6.07, 6.45) is -0.667. The fourth-order valence-corrected chi connectivity index (χ4v) is 3.62. The van der Waals surface area contributed by atoms with Crippen LogP contribution < -0.4 is 5.32 Å². The lowest BCUT2D eigenvalue weighted by Crippen LogP contribution is -2.41. The molecule has 0 radical (unpaired) electrons. The smallest absolute Gasteiger partial charge is 0.253 e. The highest BCUT2D eigenvalue weighted by molar-refractivity contribution is 7.89. The van der Waals surface area contributed by atoms with Gasteiger partial charge in [0.15, 0.2) is 0 Å². The number of morpholine rings is 1. The molecule has 1 aliphatic rings. The molecule has 1 atom stereocenters. The van der Waals surface area contributed by atoms with Crippen molar-refractivity contribution in [3.8, 4) is 0 Å². The Bertz CT molecular complexity index is 626. The second kappa shape index (κ2) is 7.19. The number of hydrogen-bond acceptors (Lipinski definition) is 5. The third-order valence-electron chi connectivity index (χ3n) is 3.46. The van der Waals surface area contributed by atoms with Crippen molar-refractivity contribution in [3.63, 3.8) is 0 Å². The molecule has 8 heteroatoms. The number of amides is 1. The van der Waals surface area contributed by atoms with E-state index in [0.717, 1.165) is 0 Å². The van der Waals surface area contributed by atoms with Crippen LogP contribution in [0.2, 0.25) is 0 Å². The maximum atomic E-state index is 12.7. The van der Waals surface area contributed by atoms with Crippen LogP contribution in [0.5, 0.6) is 0 Å². The number of nitrogens with one attached hydrogen (secondary N) is 1. The van der Waals surface area contributed by atoms with Crippen LogP contribution in [0.1, 0.15) is 6.92 Å². The lowest BCUT2D eigenvalue weighted by Gasteiger charge is -2.27. The first-order valence-electron chi connectivity index (χ1n) is 6.97. The van der Waals surface area contributed by atoms with E-state index in [1.54, 1.807) is 25.1 Å². The van der Waals surface area contributed by atoms with Gasteiger partial charge in [-0.3, -0.25) is 4.79 Å². The molecule has 1 fully saturated rings. The minimum Gasteiger partial charge on any atom is -0.379 e. The zero-order valence-electron chi connectivity index (χ0n) is 12.6. The Hall–Kier alpha value is -1.48. The van der Waals surface area contributed by atoms with E-state index in [-0.39, 0.29) is 10.6 Å². The summed E-state index contributed by atoms with van der Waals surface area (Å²) in [5.41, 5.74) is 0.253. The van der Waals surface area contributed by atoms with Crippen LogP contribution in [0, 0.1) is 0 Å². The van der Waals surface area contributed by atoms with Crippen molar-refractivity contribution in [2.24, 2.45) is 0 Å². The molecule has 0 aliphatic carbocycles. The molecule has 0 aromatic heterocycles. The molecule has 1 N–H and O–H groups in total. The number of benzene rings is 1. The first-order chi connectivity index (χ1) is 10.5. The van der Waals surface area contributed by atoms with Gasteiger partial charge in [0.2, 0.25) is 10.0 Å². The third kappa shape index (κ3) is 3.64. The van der Waals surface area contributed by atoms with Gasteiger partial charge < -0.3 is 14.8 Å². The van der Waals surface area contributed by atoms with E-state index >= 15 is 0 Å². The molecule has 1 aromatic rings. The van der Waals surface area contributed by atoms with Gasteiger partial charge in [0.25, 0.3) is 5.91 Å². The monoisotopic (exact) mass is 328 g/mol. The van der Waals surface area contributed by atoms with Crippen molar-refractivity contribution in [2.75, 3.05) is 38.7 Å². The number of methoxy groups -OCH3 is 1. The van der Waals surface area contributed by atoms with Crippen molar-refractivity contribution in [1.82, 2.24) is 4.31 Å². The lowest BCUT2D eigenvalue weighted by molar-refractivity contribution is -0.124. The summed E-state index contributed by atoms with van der Waals surface area (Å²) in [5, 5.41) is 2.61. The third-order valence-corrected chi connectivity index (χ3v) is 5.41. The SMILES string of the molecule is COC(C)C(=O)Nc1ccccc1S(=O)(=O)N1CCOCC1. The first kappa shape index (κ1) is 16.9. The second-order valence-corrected chi connectivity index (χ2v) is 6.79. The summed E-state index contributed by atoms with van der Waals surface area (Å²) in [7, 11) is -2.26. The van der Waals surface area contributed by atoms with Gasteiger partial charge in [-0.15, -0.1) is 0 Å². The maximum absolute atomic E-state index is 12.7. The van der Waals surface area contributed by atoms with Crippen molar-refractivity contribution in [2.45, 2.75) is 17.9 Å². The average molecular weight is 328 g/mol. The van der Waals surface area contributed by atoms with Gasteiger partial charge in [0, 0.05) is 20.2 Å². The number of carbonyl (C=O) groups is 1. The van der Waals surface area contributed by atoms with E-state index < -0.39 is 22.0 Å². The average Bonchev–Trinajstić information content (AvgIpc) is 2.55. The van der Waals surface area contributed by atoms with Crippen molar-refractivity contribution < 1.29 is 22.7 Å². The molecule has 1 aromatic carbocycles. The molecule has 1 unspecified atom stereocenters. The van der Waals surface area contributed by atoms with Gasteiger partial charge in [-0.05, 0) is 19.1 Å². The molecule has 122 valence electrons. The minimum atomic E-state index is -3.67. The summed E-state index contributed by atoms with van der Waals surface area (Å²) in [6.45, 7) is 2.94. The van der Waals surface area contributed by atoms with Crippen LogP contribution in [0.4, 0.5) is 5.69 Å². The lowest BCUT2D eigenvalue weighted by atomic mass is 10.3. The molecule has 0 spiro atoms. The molecular formula is C14H20N2O5S. The van der Waals surface area contributed by atoms with Crippen molar-refractivity contribution in [3.05, 3.63) is 24.3 Å². The van der Waals surface area contributed by atoms with Crippen LogP contribution >= 0.6 is 0 Å². The molecule has 1 amide bonds. The van der Waals surface area contributed by atoms with Gasteiger partial charge >= 0.3 is 0 Å². The fourth-order valence-electron chi connectivity index (χ4n) is 2.06. The number of carbonyl (C=O) groups excluding carboxylic acids is 1. The standard InChI is InChI=1S/C14H20N2O5S/c1-11(20-2)14(17)15-12-5-3-4-6-13(12)22(18,19)16-7-9-21-10-8-16/h3-6,11H,7-10H2,1-2H3,(H,15,17). The topological polar surface area (TPSA) is 84.9 Å². The highest BCUT2D eigenvalue weighted by atomic mass is 32.2. The first-order valence-corrected chi connectivity index (χ1v) is 8.41. The van der Waals surface area contributed by atoms with Crippen molar-refractivity contribution in [1.29, 1.82) is 0 Å². The molecule has 2 rings (SSSR count). The van der Waals surface area contributed by atoms with E-state index in [4.69, 9.17) is 9.47 Å². The van der Waals surface area contributed by atoms with Crippen LogP contribution in [-0.4, -0.2) is 58.1 Å². The largest absolute Gasteiger partial charge is 0.379 e. The summed E-state index contributed by atoms with van der Waals surface area (Å²) in [5.74, 6) is -0.396. The molecule has 1 saturated heterocycles. The van der Waals surface area contributed by atoms with E-state index in [9.17, 15) is 13.2 Å². The normalized spacial score (nSPS) is 17.9. The molecule has 1 aliphatic heterocycles. The Morgan fingerprint density at radius 2 is 1.95 bits per heavy atom. The zero-order valence-corrected chi connectivity index (χ0v) is 13.4. The number of hydrogen-bond donors (Lipinski definition) is 1. The van der Waals surface area contributed by atoms with Crippen molar-refractivity contribution >= 4 is 21.6 Å². The predicted molar refractivity (Wildman–Crippen MR) is 81.1 cm³/mol. The number of nitrogens with zero attached hydrogens (tertiary/aromatic N) is 1. The Morgan fingerprint density at radius 1 is 1.32 bits per heavy atom. The van der Waals surface area contributed by atoms with Gasteiger partial charge in [-0.1, -0.05) is 12.1 Å². The number of anilines is 1. The van der Waals surface area contributed by atoms with Gasteiger partial charge in [-0.2, -0.15) is 4.31 Å². The minimum absolute atomic E-state index is 0.0774. The van der Waals surface area contributed by atoms with Gasteiger partial charge in [0.1, 0.15) is 11.0 Å². The predicted octanol–water partition coefficient (Wildman–Crippen LogP) is 0.681. The molecule has 22 heavy (non-hydrogen) atoms. The number of rotatable bonds is 5. The van der Waals surface area contributed by atoms with E-state index in [0.29, 0.717) is 26.3 Å². The van der Waals surface area contributed by atoms with Crippen LogP contribution in [0.15, 0.2) is 29.2 Å². The Kier molecular flexibility index (Phi) is 5.52. The fraction of sp³-hybridized carbons (Fsp3) is 0.500. The summed E-state index contributed by atoms with van der Waals surface area (Å²) in [4.78, 5) is 12.0. The van der Waals surface area contributed by atoms with E-state index in [1.165, 1.54) is 17.5 Å². The van der Waals surface area contributed by atoms with E-state index in [2.05, 4.69) is 5.32 Å². The quantitative estimate of drug-likeness (QED) is 0.859. The molecular weight excluding hydrogens is 308 g/mol. The van der Waals surface area contributed by atoms with Crippen LogP contribution in [0.25, 0.3) is 0 Å². The summed E-state index contributed by atoms with van der Waals surface area (Å²) >= 11 is 0. The van der Waals surface area contributed by atoms with Crippen LogP contribution in [0.3, 0.4) is 0 Å². The second-order valence-electron chi connectivity index (χ2n) is 4.88. The number of ether oxygens (including phenoxy) is 2. The van der Waals surface area contributed by atoms with Gasteiger partial charge in [-0.25, -0.2) is 8.42 Å². The van der Waals surface area contributed by atoms with Crippen LogP contribution in [-0.2, 0) is 24.3 Å². The molecule has 1 heterocycles. The Labute approximate surface area is 130 Å². The highest BCUT2D eigenvalue weighted by Gasteiger charge is 2.29. The maximum Gasteiger partial charge on any atom is 0.253 e.